The van der Waals surface area contributed by atoms with Gasteiger partial charge in [0.1, 0.15) is 0 Å². The average molecular weight is 222 g/mol. The number of carbonyl (C=O) groups is 1. The average Bonchev–Trinajstić information content (AvgIpc) is 2.01. The van der Waals surface area contributed by atoms with Crippen molar-refractivity contribution in [2.24, 2.45) is 5.92 Å². The standard InChI is InChI=1S/C8H14O3S2/c1-4-10-8(12)13-7(9)11-5-6(2)3/h6H,4-5H2,1-3H3. The van der Waals surface area contributed by atoms with E-state index in [4.69, 9.17) is 21.7 Å². The van der Waals surface area contributed by atoms with Crippen LogP contribution in [-0.4, -0.2) is 22.9 Å². The molecule has 0 aliphatic heterocycles. The van der Waals surface area contributed by atoms with Gasteiger partial charge >= 0.3 is 5.30 Å². The molecule has 0 aliphatic rings. The Morgan fingerprint density at radius 3 is 2.54 bits per heavy atom. The maximum atomic E-state index is 11.0. The monoisotopic (exact) mass is 222 g/mol. The van der Waals surface area contributed by atoms with Crippen molar-refractivity contribution >= 4 is 33.7 Å². The number of hydrogen-bond donors (Lipinski definition) is 0. The van der Waals surface area contributed by atoms with E-state index in [1.807, 2.05) is 20.8 Å². The minimum Gasteiger partial charge on any atom is -0.478 e. The fourth-order valence-corrected chi connectivity index (χ4v) is 1.24. The predicted octanol–water partition coefficient (Wildman–Crippen LogP) is 2.83. The zero-order valence-electron chi connectivity index (χ0n) is 8.03. The van der Waals surface area contributed by atoms with Crippen LogP contribution in [0.5, 0.6) is 0 Å². The fraction of sp³-hybridized carbons (Fsp3) is 0.750. The second-order valence-electron chi connectivity index (χ2n) is 2.74. The Kier molecular flexibility index (Phi) is 6.99. The van der Waals surface area contributed by atoms with E-state index in [1.165, 1.54) is 0 Å². The van der Waals surface area contributed by atoms with Gasteiger partial charge in [0.05, 0.1) is 13.2 Å². The third-order valence-corrected chi connectivity index (χ3v) is 1.90. The number of ether oxygens (including phenoxy) is 2. The molecule has 0 unspecified atom stereocenters. The fourth-order valence-electron chi connectivity index (χ4n) is 0.480. The summed E-state index contributed by atoms with van der Waals surface area (Å²) in [5.41, 5.74) is 0. The van der Waals surface area contributed by atoms with Gasteiger partial charge in [-0.05, 0) is 25.1 Å². The second kappa shape index (κ2) is 7.15. The molecule has 0 spiro atoms. The van der Waals surface area contributed by atoms with E-state index in [9.17, 15) is 4.79 Å². The maximum absolute atomic E-state index is 11.0. The smallest absolute Gasteiger partial charge is 0.375 e. The molecule has 0 aliphatic carbocycles. The first-order chi connectivity index (χ1) is 6.06. The van der Waals surface area contributed by atoms with Crippen molar-refractivity contribution < 1.29 is 14.3 Å². The van der Waals surface area contributed by atoms with Crippen molar-refractivity contribution in [1.29, 1.82) is 0 Å². The van der Waals surface area contributed by atoms with Gasteiger partial charge in [0.25, 0.3) is 0 Å². The van der Waals surface area contributed by atoms with Crippen LogP contribution in [-0.2, 0) is 9.47 Å². The van der Waals surface area contributed by atoms with Crippen LogP contribution < -0.4 is 0 Å². The first kappa shape index (κ1) is 12.7. The first-order valence-corrected chi connectivity index (χ1v) is 5.30. The number of hydrogen-bond acceptors (Lipinski definition) is 5. The van der Waals surface area contributed by atoms with Gasteiger partial charge in [-0.3, -0.25) is 0 Å². The van der Waals surface area contributed by atoms with Gasteiger partial charge in [0, 0.05) is 11.8 Å². The molecule has 5 heteroatoms. The second-order valence-corrected chi connectivity index (χ2v) is 4.28. The Morgan fingerprint density at radius 1 is 1.46 bits per heavy atom. The summed E-state index contributed by atoms with van der Waals surface area (Å²) in [5.74, 6) is 0.338. The normalized spacial score (nSPS) is 9.85. The Hall–Kier alpha value is -0.290. The van der Waals surface area contributed by atoms with Crippen LogP contribution in [0.1, 0.15) is 20.8 Å². The lowest BCUT2D eigenvalue weighted by Gasteiger charge is -2.06. The minimum atomic E-state index is -0.396. The van der Waals surface area contributed by atoms with Gasteiger partial charge in [-0.1, -0.05) is 13.8 Å². The zero-order chi connectivity index (χ0) is 10.3. The Labute approximate surface area is 88.2 Å². The van der Waals surface area contributed by atoms with Crippen molar-refractivity contribution in [1.82, 2.24) is 0 Å². The van der Waals surface area contributed by atoms with E-state index >= 15 is 0 Å². The predicted molar refractivity (Wildman–Crippen MR) is 58.0 cm³/mol. The van der Waals surface area contributed by atoms with Crippen molar-refractivity contribution in [3.8, 4) is 0 Å². The molecule has 0 aromatic carbocycles. The molecule has 0 amide bonds. The molecule has 0 heterocycles. The molecule has 0 aromatic rings. The molecule has 3 nitrogen and oxygen atoms in total. The molecule has 0 rings (SSSR count). The van der Waals surface area contributed by atoms with Crippen LogP contribution in [0.15, 0.2) is 0 Å². The van der Waals surface area contributed by atoms with E-state index in [-0.39, 0.29) is 4.38 Å². The topological polar surface area (TPSA) is 35.5 Å². The van der Waals surface area contributed by atoms with Gasteiger partial charge in [-0.15, -0.1) is 0 Å². The quantitative estimate of drug-likeness (QED) is 0.542. The number of rotatable bonds is 3. The van der Waals surface area contributed by atoms with Gasteiger partial charge in [-0.2, -0.15) is 0 Å². The SMILES string of the molecule is CCOC(=S)SC(=O)OCC(C)C. The van der Waals surface area contributed by atoms with Crippen LogP contribution in [0.3, 0.4) is 0 Å². The van der Waals surface area contributed by atoms with Gasteiger partial charge in [0.2, 0.25) is 4.38 Å². The summed E-state index contributed by atoms with van der Waals surface area (Å²) in [6, 6.07) is 0. The minimum absolute atomic E-state index is 0.219. The summed E-state index contributed by atoms with van der Waals surface area (Å²) in [7, 11) is 0. The highest BCUT2D eigenvalue weighted by molar-refractivity contribution is 8.32. The molecule has 0 atom stereocenters. The molecular formula is C8H14O3S2. The summed E-state index contributed by atoms with van der Waals surface area (Å²) >= 11 is 5.56. The highest BCUT2D eigenvalue weighted by Gasteiger charge is 2.09. The Morgan fingerprint density at radius 2 is 2.08 bits per heavy atom. The summed E-state index contributed by atoms with van der Waals surface area (Å²) in [6.45, 7) is 6.65. The first-order valence-electron chi connectivity index (χ1n) is 4.07. The summed E-state index contributed by atoms with van der Waals surface area (Å²) in [6.07, 6.45) is 0. The van der Waals surface area contributed by atoms with E-state index in [2.05, 4.69) is 0 Å². The zero-order valence-corrected chi connectivity index (χ0v) is 9.67. The molecule has 0 saturated heterocycles. The highest BCUT2D eigenvalue weighted by atomic mass is 32.2. The van der Waals surface area contributed by atoms with E-state index in [0.29, 0.717) is 19.1 Å². The van der Waals surface area contributed by atoms with Crippen molar-refractivity contribution in [3.05, 3.63) is 0 Å². The van der Waals surface area contributed by atoms with Gasteiger partial charge in [-0.25, -0.2) is 4.79 Å². The summed E-state index contributed by atoms with van der Waals surface area (Å²) < 4.78 is 10.0. The number of carbonyl (C=O) groups excluding carboxylic acids is 1. The largest absolute Gasteiger partial charge is 0.478 e. The molecule has 0 bridgehead atoms. The van der Waals surface area contributed by atoms with Crippen LogP contribution in [0, 0.1) is 5.92 Å². The van der Waals surface area contributed by atoms with E-state index < -0.39 is 5.30 Å². The highest BCUT2D eigenvalue weighted by Crippen LogP contribution is 2.10. The van der Waals surface area contributed by atoms with Crippen molar-refractivity contribution in [2.45, 2.75) is 20.8 Å². The lowest BCUT2D eigenvalue weighted by Crippen LogP contribution is -2.08. The Bertz CT molecular complexity index is 180. The maximum Gasteiger partial charge on any atom is 0.375 e. The van der Waals surface area contributed by atoms with Crippen LogP contribution in [0.2, 0.25) is 0 Å². The lowest BCUT2D eigenvalue weighted by atomic mass is 10.2. The van der Waals surface area contributed by atoms with Crippen LogP contribution in [0.4, 0.5) is 4.79 Å². The van der Waals surface area contributed by atoms with Gasteiger partial charge in [0.15, 0.2) is 0 Å². The number of thiocarbonyl (C=S) groups is 1. The molecule has 0 N–H and O–H groups in total. The summed E-state index contributed by atoms with van der Waals surface area (Å²) in [5, 5.41) is -0.396. The third kappa shape index (κ3) is 8.05. The molecule has 0 aromatic heterocycles. The summed E-state index contributed by atoms with van der Waals surface area (Å²) in [4.78, 5) is 11.0. The van der Waals surface area contributed by atoms with E-state index in [1.54, 1.807) is 0 Å². The molecule has 13 heavy (non-hydrogen) atoms. The van der Waals surface area contributed by atoms with Gasteiger partial charge < -0.3 is 9.47 Å². The number of thioether (sulfide) groups is 1. The molecule has 0 fully saturated rings. The van der Waals surface area contributed by atoms with Crippen LogP contribution in [0.25, 0.3) is 0 Å². The van der Waals surface area contributed by atoms with Crippen molar-refractivity contribution in [3.63, 3.8) is 0 Å². The van der Waals surface area contributed by atoms with Crippen LogP contribution >= 0.6 is 24.0 Å². The van der Waals surface area contributed by atoms with E-state index in [0.717, 1.165) is 11.8 Å². The molecule has 0 radical (unpaired) electrons. The molecular weight excluding hydrogens is 208 g/mol. The Balaban J connectivity index is 3.56. The molecule has 0 saturated carbocycles. The third-order valence-electron chi connectivity index (χ3n) is 0.963. The molecule has 76 valence electrons. The lowest BCUT2D eigenvalue weighted by molar-refractivity contribution is 0.160. The van der Waals surface area contributed by atoms with Crippen molar-refractivity contribution in [2.75, 3.05) is 13.2 Å².